The molecule has 0 aromatic rings. The highest BCUT2D eigenvalue weighted by Crippen LogP contribution is 2.69. The number of rotatable bonds is 13. The highest BCUT2D eigenvalue weighted by molar-refractivity contribution is 7.85. The predicted molar refractivity (Wildman–Crippen MR) is 161 cm³/mol. The first-order valence-corrected chi connectivity index (χ1v) is 18.2. The Morgan fingerprint density at radius 1 is 1.02 bits per heavy atom. The summed E-state index contributed by atoms with van der Waals surface area (Å²) < 4.78 is 30.7. The maximum atomic E-state index is 12.3. The Hall–Kier alpha value is -0.780. The Labute approximate surface area is 253 Å². The van der Waals surface area contributed by atoms with E-state index >= 15 is 0 Å². The molecular formula is C32H57NO8S. The van der Waals surface area contributed by atoms with Crippen LogP contribution in [0.5, 0.6) is 0 Å². The van der Waals surface area contributed by atoms with E-state index in [0.717, 1.165) is 57.8 Å². The van der Waals surface area contributed by atoms with Crippen LogP contribution in [0.3, 0.4) is 0 Å². The van der Waals surface area contributed by atoms with Gasteiger partial charge in [-0.15, -0.1) is 0 Å². The lowest BCUT2D eigenvalue weighted by atomic mass is 9.42. The van der Waals surface area contributed by atoms with Gasteiger partial charge in [0.2, 0.25) is 5.91 Å². The van der Waals surface area contributed by atoms with Crippen molar-refractivity contribution in [2.24, 2.45) is 46.3 Å². The van der Waals surface area contributed by atoms with Crippen LogP contribution in [0.15, 0.2) is 0 Å². The number of nitrogens with one attached hydrogen (secondary N) is 1. The summed E-state index contributed by atoms with van der Waals surface area (Å²) in [6.45, 7) is 6.80. The van der Waals surface area contributed by atoms with Crippen molar-refractivity contribution in [3.63, 3.8) is 0 Å². The first-order valence-electron chi connectivity index (χ1n) is 16.6. The minimum Gasteiger partial charge on any atom is -0.396 e. The molecule has 0 spiro atoms. The Morgan fingerprint density at radius 2 is 1.74 bits per heavy atom. The van der Waals surface area contributed by atoms with Crippen LogP contribution in [0.2, 0.25) is 0 Å². The number of amides is 1. The van der Waals surface area contributed by atoms with Gasteiger partial charge in [-0.05, 0) is 111 Å². The summed E-state index contributed by atoms with van der Waals surface area (Å²) in [6, 6.07) is 0. The fraction of sp³-hybridized carbons (Fsp3) is 0.969. The number of fused-ring (bicyclic) bond motifs is 5. The molecule has 4 saturated carbocycles. The van der Waals surface area contributed by atoms with Crippen molar-refractivity contribution in [1.29, 1.82) is 0 Å². The predicted octanol–water partition coefficient (Wildman–Crippen LogP) is 3.68. The molecule has 10 heteroatoms. The van der Waals surface area contributed by atoms with Crippen LogP contribution < -0.4 is 5.32 Å². The summed E-state index contributed by atoms with van der Waals surface area (Å²) in [4.78, 5) is 12.3. The van der Waals surface area contributed by atoms with E-state index in [0.29, 0.717) is 25.7 Å². The van der Waals surface area contributed by atoms with Crippen LogP contribution in [0, 0.1) is 46.3 Å². The minimum absolute atomic E-state index is 0.0147. The minimum atomic E-state index is -4.11. The number of aliphatic hydroxyl groups is 4. The van der Waals surface area contributed by atoms with Crippen LogP contribution >= 0.6 is 0 Å². The molecule has 4 fully saturated rings. The van der Waals surface area contributed by atoms with Gasteiger partial charge in [0.05, 0.1) is 23.6 Å². The van der Waals surface area contributed by atoms with Crippen molar-refractivity contribution < 1.29 is 38.2 Å². The lowest BCUT2D eigenvalue weighted by Crippen LogP contribution is -2.63. The van der Waals surface area contributed by atoms with Gasteiger partial charge in [0.1, 0.15) is 0 Å². The Bertz CT molecular complexity index is 1040. The second-order valence-corrected chi connectivity index (χ2v) is 16.6. The zero-order chi connectivity index (χ0) is 30.9. The van der Waals surface area contributed by atoms with E-state index in [-0.39, 0.29) is 71.8 Å². The summed E-state index contributed by atoms with van der Waals surface area (Å²) >= 11 is 0. The number of carbonyl (C=O) groups excluding carboxylic acids is 1. The third-order valence-electron chi connectivity index (χ3n) is 12.8. The molecule has 4 aliphatic rings. The van der Waals surface area contributed by atoms with Gasteiger partial charge >= 0.3 is 0 Å². The molecule has 0 radical (unpaired) electrons. The van der Waals surface area contributed by atoms with E-state index in [2.05, 4.69) is 26.1 Å². The number of unbranched alkanes of at least 4 members (excludes halogenated alkanes) is 3. The van der Waals surface area contributed by atoms with Crippen molar-refractivity contribution >= 4 is 16.0 Å². The molecule has 0 aromatic carbocycles. The van der Waals surface area contributed by atoms with Gasteiger partial charge < -0.3 is 25.7 Å². The van der Waals surface area contributed by atoms with Gasteiger partial charge in [-0.2, -0.15) is 8.42 Å². The fourth-order valence-electron chi connectivity index (χ4n) is 10.3. The smallest absolute Gasteiger partial charge is 0.266 e. The molecule has 42 heavy (non-hydrogen) atoms. The maximum absolute atomic E-state index is 12.3. The molecule has 4 aliphatic carbocycles. The monoisotopic (exact) mass is 615 g/mol. The lowest BCUT2D eigenvalue weighted by molar-refractivity contribution is -0.216. The normalized spacial score (nSPS) is 42.3. The molecular weight excluding hydrogens is 558 g/mol. The molecule has 0 aromatic heterocycles. The van der Waals surface area contributed by atoms with Crippen LogP contribution in [0.1, 0.15) is 111 Å². The molecule has 1 amide bonds. The number of hydrogen-bond acceptors (Lipinski definition) is 7. The Balaban J connectivity index is 1.39. The van der Waals surface area contributed by atoms with Gasteiger partial charge in [0.25, 0.3) is 10.1 Å². The average molecular weight is 616 g/mol. The van der Waals surface area contributed by atoms with E-state index in [1.54, 1.807) is 0 Å². The summed E-state index contributed by atoms with van der Waals surface area (Å²) in [5, 5.41) is 46.7. The molecule has 4 rings (SSSR count). The van der Waals surface area contributed by atoms with Crippen LogP contribution in [-0.4, -0.2) is 76.0 Å². The second kappa shape index (κ2) is 13.3. The van der Waals surface area contributed by atoms with E-state index in [1.807, 2.05) is 0 Å². The summed E-state index contributed by atoms with van der Waals surface area (Å²) in [6.07, 6.45) is 10.2. The van der Waals surface area contributed by atoms with E-state index in [1.165, 1.54) is 0 Å². The summed E-state index contributed by atoms with van der Waals surface area (Å²) in [7, 11) is -4.11. The molecule has 0 saturated heterocycles. The van der Waals surface area contributed by atoms with Crippen LogP contribution in [-0.2, 0) is 14.9 Å². The SMILES string of the molecule is C[C@H](CCC(=O)NCCS(=O)(=O)O)[C@H]1CC[C@H]2[C@@H]3[C@H](O)C[C@@H]4C[C@@](O)(CCCCCCO)CC[C@]4(C)[C@H]3C[C@H](O)[C@]12C. The molecule has 11 atom stereocenters. The molecule has 244 valence electrons. The molecule has 0 aliphatic heterocycles. The highest BCUT2D eigenvalue weighted by Gasteiger charge is 2.66. The largest absolute Gasteiger partial charge is 0.396 e. The average Bonchev–Trinajstić information content (AvgIpc) is 3.26. The van der Waals surface area contributed by atoms with Crippen molar-refractivity contribution in [2.45, 2.75) is 128 Å². The van der Waals surface area contributed by atoms with Gasteiger partial charge in [-0.3, -0.25) is 9.35 Å². The molecule has 6 N–H and O–H groups in total. The molecule has 0 unspecified atom stereocenters. The van der Waals surface area contributed by atoms with Crippen molar-refractivity contribution in [3.05, 3.63) is 0 Å². The van der Waals surface area contributed by atoms with Crippen molar-refractivity contribution in [2.75, 3.05) is 18.9 Å². The highest BCUT2D eigenvalue weighted by atomic mass is 32.2. The number of carbonyl (C=O) groups is 1. The second-order valence-electron chi connectivity index (χ2n) is 15.1. The summed E-state index contributed by atoms with van der Waals surface area (Å²) in [5.74, 6) is 0.464. The number of hydrogen-bond donors (Lipinski definition) is 6. The standard InChI is InChI=1S/C32H57NO8S/c1-21(8-11-28(37)33-15-17-42(39,40)41)23-9-10-24-29-25(19-27(36)31(23,24)3)30(2)13-14-32(38,12-6-4-5-7-16-34)20-22(30)18-26(29)35/h21-27,29,34-36,38H,4-20H2,1-3H3,(H,33,37)(H,39,40,41)/t21-,22-,23-,24+,25+,26-,27+,29+,30+,31-,32-/m1/s1. The van der Waals surface area contributed by atoms with Crippen LogP contribution in [0.4, 0.5) is 0 Å². The summed E-state index contributed by atoms with van der Waals surface area (Å²) in [5.41, 5.74) is -1.04. The first kappa shape index (κ1) is 34.1. The van der Waals surface area contributed by atoms with E-state index < -0.39 is 33.7 Å². The number of aliphatic hydroxyl groups excluding tert-OH is 3. The van der Waals surface area contributed by atoms with Crippen molar-refractivity contribution in [3.8, 4) is 0 Å². The van der Waals surface area contributed by atoms with E-state index in [4.69, 9.17) is 9.66 Å². The Morgan fingerprint density at radius 3 is 2.43 bits per heavy atom. The van der Waals surface area contributed by atoms with Crippen LogP contribution in [0.25, 0.3) is 0 Å². The van der Waals surface area contributed by atoms with Crippen molar-refractivity contribution in [1.82, 2.24) is 5.32 Å². The Kier molecular flexibility index (Phi) is 10.8. The molecule has 0 bridgehead atoms. The maximum Gasteiger partial charge on any atom is 0.266 e. The van der Waals surface area contributed by atoms with Gasteiger partial charge in [0.15, 0.2) is 0 Å². The fourth-order valence-corrected chi connectivity index (χ4v) is 10.7. The third kappa shape index (κ3) is 7.04. The van der Waals surface area contributed by atoms with Gasteiger partial charge in [0, 0.05) is 19.6 Å². The lowest BCUT2D eigenvalue weighted by Gasteiger charge is -2.64. The molecule has 0 heterocycles. The molecule has 9 nitrogen and oxygen atoms in total. The quantitative estimate of drug-likeness (QED) is 0.135. The zero-order valence-electron chi connectivity index (χ0n) is 26.0. The topological polar surface area (TPSA) is 164 Å². The van der Waals surface area contributed by atoms with E-state index in [9.17, 15) is 28.5 Å². The van der Waals surface area contributed by atoms with Gasteiger partial charge in [-0.1, -0.05) is 40.0 Å². The van der Waals surface area contributed by atoms with Gasteiger partial charge in [-0.25, -0.2) is 0 Å². The zero-order valence-corrected chi connectivity index (χ0v) is 26.8. The third-order valence-corrected chi connectivity index (χ3v) is 13.5. The first-order chi connectivity index (χ1) is 19.6.